The summed E-state index contributed by atoms with van der Waals surface area (Å²) in [4.78, 5) is 0. The minimum absolute atomic E-state index is 0.0156. The van der Waals surface area contributed by atoms with E-state index in [1.807, 2.05) is 0 Å². The Morgan fingerprint density at radius 1 is 0.250 bits per heavy atom. The predicted octanol–water partition coefficient (Wildman–Crippen LogP) is 14.8. The zero-order chi connectivity index (χ0) is 59.3. The molecule has 0 bridgehead atoms. The molecule has 0 aromatic heterocycles. The lowest BCUT2D eigenvalue weighted by atomic mass is 9.44. The maximum Gasteiger partial charge on any atom is 0.0694 e. The van der Waals surface area contributed by atoms with Crippen LogP contribution in [-0.2, 0) is 0 Å². The van der Waals surface area contributed by atoms with Crippen molar-refractivity contribution in [3.8, 4) is 0 Å². The first kappa shape index (κ1) is 62.5. The van der Waals surface area contributed by atoms with Crippen molar-refractivity contribution in [2.24, 2.45) is 172 Å². The minimum atomic E-state index is -0.250. The number of rotatable bonds is 0. The molecule has 0 saturated heterocycles. The molecule has 84 heavy (non-hydrogen) atoms. The van der Waals surface area contributed by atoms with E-state index in [1.54, 1.807) is 0 Å². The first-order valence-electron chi connectivity index (χ1n) is 37.7. The van der Waals surface area contributed by atoms with E-state index in [-0.39, 0.29) is 48.5 Å². The third-order valence-electron chi connectivity index (χ3n) is 34.3. The summed E-state index contributed by atoms with van der Waals surface area (Å²) in [5, 5.41) is 20.4. The van der Waals surface area contributed by atoms with Crippen molar-refractivity contribution in [3.63, 3.8) is 0 Å². The molecule has 8 heteroatoms. The standard InChI is InChI=1S/2C19H34N2.2C19H33NO/c2*1-18-8-3-4-14(18)13-6-5-12-10-16(20)17(21)11-19(12,2)15(13)7-9-18;2*1-18-8-3-4-14(18)13-6-5-12-10-17(21)16(20)11-19(12,2)15(13)7-9-18/h2*12-17H,3-11,20-21H2,1-2H3;2*12-17,21H,3-11,20H2,1-2H3/t12-,13+,14-,15-,16+,17+,18-,19-;12-,13+,14-,15-,16-,17+,18-,19-;12-,13-,14-,15-,16+,17+,18-,19-;12-,13-,14-,15-,16+,17-,18-,19-/m0000/s1. The Balaban J connectivity index is 0.000000104. The Kier molecular flexibility index (Phi) is 16.9. The van der Waals surface area contributed by atoms with Gasteiger partial charge in [-0.25, -0.2) is 0 Å². The van der Waals surface area contributed by atoms with Gasteiger partial charge >= 0.3 is 0 Å². The minimum Gasteiger partial charge on any atom is -0.392 e. The molecule has 480 valence electrons. The molecule has 14 N–H and O–H groups in total. The summed E-state index contributed by atoms with van der Waals surface area (Å²) >= 11 is 0. The fourth-order valence-corrected chi connectivity index (χ4v) is 29.5. The van der Waals surface area contributed by atoms with Gasteiger partial charge in [0.1, 0.15) is 0 Å². The van der Waals surface area contributed by atoms with Crippen molar-refractivity contribution < 1.29 is 10.2 Å². The molecule has 16 saturated carbocycles. The van der Waals surface area contributed by atoms with Crippen molar-refractivity contribution in [1.29, 1.82) is 0 Å². The Bertz CT molecular complexity index is 2010. The van der Waals surface area contributed by atoms with Gasteiger partial charge in [0.05, 0.1) is 12.2 Å². The summed E-state index contributed by atoms with van der Waals surface area (Å²) in [7, 11) is 0. The van der Waals surface area contributed by atoms with E-state index < -0.39 is 0 Å². The lowest BCUT2D eigenvalue weighted by molar-refractivity contribution is -0.126. The molecule has 0 heterocycles. The summed E-state index contributed by atoms with van der Waals surface area (Å²) < 4.78 is 0. The molecule has 16 aliphatic carbocycles. The number of nitrogens with two attached hydrogens (primary N) is 6. The smallest absolute Gasteiger partial charge is 0.0694 e. The maximum absolute atomic E-state index is 10.2. The quantitative estimate of drug-likeness (QED) is 0.117. The van der Waals surface area contributed by atoms with E-state index in [1.165, 1.54) is 205 Å². The van der Waals surface area contributed by atoms with Gasteiger partial charge in [-0.2, -0.15) is 0 Å². The summed E-state index contributed by atoms with van der Waals surface area (Å²) in [5.74, 6) is 14.7. The van der Waals surface area contributed by atoms with Crippen LogP contribution in [0.15, 0.2) is 0 Å². The summed E-state index contributed by atoms with van der Waals surface area (Å²) in [6.07, 6.45) is 49.0. The first-order chi connectivity index (χ1) is 39.8. The molecule has 0 spiro atoms. The van der Waals surface area contributed by atoms with E-state index in [2.05, 4.69) is 55.4 Å². The van der Waals surface area contributed by atoms with E-state index in [0.717, 1.165) is 120 Å². The highest BCUT2D eigenvalue weighted by molar-refractivity contribution is 5.14. The molecule has 32 atom stereocenters. The molecule has 0 aromatic carbocycles. The molecule has 0 aromatic rings. The maximum atomic E-state index is 10.2. The highest BCUT2D eigenvalue weighted by Crippen LogP contribution is 2.71. The van der Waals surface area contributed by atoms with Crippen LogP contribution in [0.1, 0.15) is 287 Å². The SMILES string of the molecule is C[C@@]12CCC[C@H]1[C@@H]1CC[C@H]3C[C@@H](O)[C@H](N)C[C@]3(C)[C@H]1CC2.C[C@@]12CCC[C@H]1[C@@H]1CC[C@H]3C[C@H](O)[C@H](N)C[C@]3(C)[C@H]1CC2.C[C@@]12CCC[C@H]1[C@H]1CC[C@H]3C[C@@H](N)[C@H](N)C[C@]3(C)[C@H]1CC2.C[C@@]12CCC[C@H]1[C@H]1CC[C@H]3C[C@H](N)[C@H](N)C[C@]3(C)[C@H]1CC2. The van der Waals surface area contributed by atoms with Crippen LogP contribution >= 0.6 is 0 Å². The van der Waals surface area contributed by atoms with Gasteiger partial charge in [0.25, 0.3) is 0 Å². The second kappa shape index (κ2) is 22.8. The zero-order valence-electron chi connectivity index (χ0n) is 55.7. The fraction of sp³-hybridized carbons (Fsp3) is 1.00. The van der Waals surface area contributed by atoms with Crippen molar-refractivity contribution >= 4 is 0 Å². The van der Waals surface area contributed by atoms with Gasteiger partial charge in [-0.15, -0.1) is 0 Å². The molecule has 16 aliphatic rings. The lowest BCUT2D eigenvalue weighted by Crippen LogP contribution is -2.59. The molecule has 0 amide bonds. The van der Waals surface area contributed by atoms with Gasteiger partial charge in [0.2, 0.25) is 0 Å². The topological polar surface area (TPSA) is 197 Å². The average molecular weight is 1160 g/mol. The van der Waals surface area contributed by atoms with Crippen LogP contribution in [0.3, 0.4) is 0 Å². The number of aliphatic hydroxyl groups is 2. The molecule has 0 aliphatic heterocycles. The highest BCUT2D eigenvalue weighted by atomic mass is 16.3. The van der Waals surface area contributed by atoms with Gasteiger partial charge in [0.15, 0.2) is 0 Å². The first-order valence-corrected chi connectivity index (χ1v) is 37.7. The van der Waals surface area contributed by atoms with Crippen LogP contribution in [0.25, 0.3) is 0 Å². The molecule has 0 unspecified atom stereocenters. The summed E-state index contributed by atoms with van der Waals surface area (Å²) in [5.41, 5.74) is 42.4. The monoisotopic (exact) mass is 1160 g/mol. The fourth-order valence-electron chi connectivity index (χ4n) is 29.5. The third kappa shape index (κ3) is 10.3. The lowest BCUT2D eigenvalue weighted by Gasteiger charge is -2.61. The van der Waals surface area contributed by atoms with Crippen molar-refractivity contribution in [2.45, 2.75) is 335 Å². The number of hydrogen-bond donors (Lipinski definition) is 8. The molecule has 8 nitrogen and oxygen atoms in total. The van der Waals surface area contributed by atoms with Crippen LogP contribution in [0.4, 0.5) is 0 Å². The Morgan fingerprint density at radius 3 is 0.750 bits per heavy atom. The number of aliphatic hydroxyl groups excluding tert-OH is 2. The number of hydrogen-bond acceptors (Lipinski definition) is 8. The van der Waals surface area contributed by atoms with Gasteiger partial charge in [0, 0.05) is 36.3 Å². The van der Waals surface area contributed by atoms with Crippen LogP contribution in [0.2, 0.25) is 0 Å². The highest BCUT2D eigenvalue weighted by Gasteiger charge is 2.63. The van der Waals surface area contributed by atoms with Crippen LogP contribution in [0.5, 0.6) is 0 Å². The van der Waals surface area contributed by atoms with Crippen LogP contribution in [-0.4, -0.2) is 58.7 Å². The second-order valence-corrected chi connectivity index (χ2v) is 37.8. The predicted molar refractivity (Wildman–Crippen MR) is 347 cm³/mol. The Morgan fingerprint density at radius 2 is 0.488 bits per heavy atom. The number of fused-ring (bicyclic) bond motifs is 20. The van der Waals surface area contributed by atoms with E-state index in [4.69, 9.17) is 34.4 Å². The van der Waals surface area contributed by atoms with Gasteiger partial charge in [-0.05, 0) is 343 Å². The van der Waals surface area contributed by atoms with Gasteiger partial charge in [-0.1, -0.05) is 81.1 Å². The van der Waals surface area contributed by atoms with Gasteiger partial charge in [-0.3, -0.25) is 0 Å². The normalized spacial score (nSPS) is 60.0. The zero-order valence-corrected chi connectivity index (χ0v) is 55.7. The Hall–Kier alpha value is -0.320. The summed E-state index contributed by atoms with van der Waals surface area (Å²) in [6.45, 7) is 20.6. The van der Waals surface area contributed by atoms with Crippen LogP contribution in [0, 0.1) is 138 Å². The third-order valence-corrected chi connectivity index (χ3v) is 34.3. The molecule has 0 radical (unpaired) electrons. The van der Waals surface area contributed by atoms with Crippen molar-refractivity contribution in [1.82, 2.24) is 0 Å². The van der Waals surface area contributed by atoms with Crippen LogP contribution < -0.4 is 34.4 Å². The molecular weight excluding hydrogens is 1030 g/mol. The largest absolute Gasteiger partial charge is 0.392 e. The summed E-state index contributed by atoms with van der Waals surface area (Å²) in [6, 6.07) is 1.01. The Labute approximate surface area is 515 Å². The van der Waals surface area contributed by atoms with Crippen molar-refractivity contribution in [2.75, 3.05) is 0 Å². The second-order valence-electron chi connectivity index (χ2n) is 37.8. The van der Waals surface area contributed by atoms with E-state index in [9.17, 15) is 10.2 Å². The van der Waals surface area contributed by atoms with Crippen molar-refractivity contribution in [3.05, 3.63) is 0 Å². The molecule has 16 fully saturated rings. The molecular formula is C76H134N6O2. The van der Waals surface area contributed by atoms with E-state index in [0.29, 0.717) is 43.3 Å². The average Bonchev–Trinajstić information content (AvgIpc) is 1.82. The van der Waals surface area contributed by atoms with E-state index >= 15 is 0 Å². The van der Waals surface area contributed by atoms with Gasteiger partial charge < -0.3 is 44.6 Å². The molecule has 16 rings (SSSR count).